The average molecular weight is 405 g/mol. The molecule has 3 aromatic rings. The van der Waals surface area contributed by atoms with Gasteiger partial charge in [0.25, 0.3) is 5.91 Å². The van der Waals surface area contributed by atoms with E-state index in [4.69, 9.17) is 10.5 Å². The highest BCUT2D eigenvalue weighted by Gasteiger charge is 2.34. The van der Waals surface area contributed by atoms with Crippen molar-refractivity contribution in [1.29, 1.82) is 0 Å². The quantitative estimate of drug-likeness (QED) is 0.648. The third kappa shape index (κ3) is 3.71. The minimum Gasteiger partial charge on any atom is -0.452 e. The Kier molecular flexibility index (Phi) is 4.36. The normalized spacial score (nSPS) is 16.8. The molecule has 11 heteroatoms. The van der Waals surface area contributed by atoms with Gasteiger partial charge in [-0.15, -0.1) is 0 Å². The minimum atomic E-state index is -4.62. The Hall–Kier alpha value is -3.63. The predicted octanol–water partition coefficient (Wildman–Crippen LogP) is 2.64. The van der Waals surface area contributed by atoms with Gasteiger partial charge >= 0.3 is 12.1 Å². The highest BCUT2D eigenvalue weighted by Crippen LogP contribution is 2.35. The topological polar surface area (TPSA) is 112 Å². The summed E-state index contributed by atoms with van der Waals surface area (Å²) in [5.41, 5.74) is 5.47. The van der Waals surface area contributed by atoms with E-state index in [0.717, 1.165) is 6.07 Å². The van der Waals surface area contributed by atoms with Crippen LogP contribution in [-0.2, 0) is 20.5 Å². The summed E-state index contributed by atoms with van der Waals surface area (Å²) in [7, 11) is 0. The number of hydrogen-bond acceptors (Lipinski definition) is 6. The van der Waals surface area contributed by atoms with Gasteiger partial charge in [-0.25, -0.2) is 9.97 Å². The molecule has 1 amide bonds. The number of amides is 1. The largest absolute Gasteiger partial charge is 0.452 e. The first-order valence-corrected chi connectivity index (χ1v) is 8.53. The van der Waals surface area contributed by atoms with Gasteiger partial charge in [0.15, 0.2) is 11.9 Å². The number of pyridine rings is 2. The standard InChI is InChI=1S/C18H14F3N5O3/c19-18(20,21)11-5-10(6-23-16(11)22)9-1-3-14-24-13(8-26(14)7-9)25-17(28)12-2-4-15(27)29-12/h1,3,5-8,12H,2,4H2,(H2,22,23)(H,25,28). The summed E-state index contributed by atoms with van der Waals surface area (Å²) < 4.78 is 45.7. The van der Waals surface area contributed by atoms with E-state index < -0.39 is 35.5 Å². The lowest BCUT2D eigenvalue weighted by Gasteiger charge is -2.11. The van der Waals surface area contributed by atoms with Gasteiger partial charge in [-0.1, -0.05) is 0 Å². The van der Waals surface area contributed by atoms with Crippen LogP contribution in [0.25, 0.3) is 16.8 Å². The summed E-state index contributed by atoms with van der Waals surface area (Å²) >= 11 is 0. The number of nitrogens with zero attached hydrogens (tertiary/aromatic N) is 3. The zero-order valence-electron chi connectivity index (χ0n) is 14.7. The van der Waals surface area contributed by atoms with Crippen molar-refractivity contribution in [1.82, 2.24) is 14.4 Å². The van der Waals surface area contributed by atoms with Crippen molar-refractivity contribution >= 4 is 29.2 Å². The molecule has 4 rings (SSSR count). The molecule has 29 heavy (non-hydrogen) atoms. The number of ether oxygens (including phenoxy) is 1. The maximum atomic E-state index is 13.1. The fourth-order valence-corrected chi connectivity index (χ4v) is 3.00. The fourth-order valence-electron chi connectivity index (χ4n) is 3.00. The molecule has 1 atom stereocenters. The van der Waals surface area contributed by atoms with Crippen LogP contribution in [-0.4, -0.2) is 32.3 Å². The molecule has 150 valence electrons. The van der Waals surface area contributed by atoms with Gasteiger partial charge in [0, 0.05) is 36.4 Å². The molecule has 4 heterocycles. The number of anilines is 2. The molecule has 1 aliphatic heterocycles. The van der Waals surface area contributed by atoms with E-state index in [0.29, 0.717) is 17.6 Å². The van der Waals surface area contributed by atoms with E-state index in [2.05, 4.69) is 15.3 Å². The first kappa shape index (κ1) is 18.7. The van der Waals surface area contributed by atoms with Gasteiger partial charge < -0.3 is 20.2 Å². The Morgan fingerprint density at radius 3 is 2.76 bits per heavy atom. The maximum absolute atomic E-state index is 13.1. The molecular weight excluding hydrogens is 391 g/mol. The molecule has 1 fully saturated rings. The van der Waals surface area contributed by atoms with Gasteiger partial charge in [-0.2, -0.15) is 13.2 Å². The number of fused-ring (bicyclic) bond motifs is 1. The Labute approximate surface area is 161 Å². The number of cyclic esters (lactones) is 1. The van der Waals surface area contributed by atoms with Crippen LogP contribution in [0.4, 0.5) is 24.8 Å². The number of imidazole rings is 1. The van der Waals surface area contributed by atoms with Gasteiger partial charge in [-0.3, -0.25) is 9.59 Å². The van der Waals surface area contributed by atoms with Crippen molar-refractivity contribution in [2.45, 2.75) is 25.1 Å². The molecule has 0 aromatic carbocycles. The summed E-state index contributed by atoms with van der Waals surface area (Å²) in [5.74, 6) is -1.29. The molecule has 1 unspecified atom stereocenters. The molecule has 0 radical (unpaired) electrons. The van der Waals surface area contributed by atoms with Crippen LogP contribution in [0, 0.1) is 0 Å². The van der Waals surface area contributed by atoms with E-state index in [1.165, 1.54) is 12.4 Å². The number of halogens is 3. The van der Waals surface area contributed by atoms with E-state index in [-0.39, 0.29) is 17.8 Å². The average Bonchev–Trinajstić information content (AvgIpc) is 3.26. The molecular formula is C18H14F3N5O3. The number of nitrogens with two attached hydrogens (primary N) is 1. The van der Waals surface area contributed by atoms with Crippen molar-refractivity contribution in [3.63, 3.8) is 0 Å². The van der Waals surface area contributed by atoms with E-state index in [1.807, 2.05) is 0 Å². The summed E-state index contributed by atoms with van der Waals surface area (Å²) in [4.78, 5) is 31.1. The highest BCUT2D eigenvalue weighted by molar-refractivity contribution is 5.96. The van der Waals surface area contributed by atoms with Gasteiger partial charge in [0.1, 0.15) is 11.5 Å². The van der Waals surface area contributed by atoms with E-state index in [9.17, 15) is 22.8 Å². The minimum absolute atomic E-state index is 0.183. The van der Waals surface area contributed by atoms with Crippen molar-refractivity contribution in [3.05, 3.63) is 42.4 Å². The van der Waals surface area contributed by atoms with Crippen molar-refractivity contribution in [3.8, 4) is 11.1 Å². The zero-order valence-corrected chi connectivity index (χ0v) is 14.7. The maximum Gasteiger partial charge on any atom is 0.419 e. The van der Waals surface area contributed by atoms with Crippen LogP contribution in [0.1, 0.15) is 18.4 Å². The lowest BCUT2D eigenvalue weighted by Crippen LogP contribution is -2.27. The number of carbonyl (C=O) groups excluding carboxylic acids is 2. The van der Waals surface area contributed by atoms with Crippen molar-refractivity contribution in [2.75, 3.05) is 11.1 Å². The third-order valence-electron chi connectivity index (χ3n) is 4.44. The first-order valence-electron chi connectivity index (χ1n) is 8.53. The monoisotopic (exact) mass is 405 g/mol. The first-order chi connectivity index (χ1) is 13.7. The second-order valence-corrected chi connectivity index (χ2v) is 6.47. The van der Waals surface area contributed by atoms with Crippen LogP contribution < -0.4 is 11.1 Å². The second kappa shape index (κ2) is 6.76. The van der Waals surface area contributed by atoms with Crippen LogP contribution in [0.2, 0.25) is 0 Å². The molecule has 1 saturated heterocycles. The van der Waals surface area contributed by atoms with Gasteiger partial charge in [0.2, 0.25) is 0 Å². The second-order valence-electron chi connectivity index (χ2n) is 6.47. The van der Waals surface area contributed by atoms with E-state index >= 15 is 0 Å². The zero-order chi connectivity index (χ0) is 20.8. The molecule has 0 spiro atoms. The fraction of sp³-hybridized carbons (Fsp3) is 0.222. The lowest BCUT2D eigenvalue weighted by atomic mass is 10.1. The number of alkyl halides is 3. The van der Waals surface area contributed by atoms with Crippen LogP contribution in [0.5, 0.6) is 0 Å². The molecule has 8 nitrogen and oxygen atoms in total. The highest BCUT2D eigenvalue weighted by atomic mass is 19.4. The van der Waals surface area contributed by atoms with Gasteiger partial charge in [0.05, 0.1) is 11.8 Å². The lowest BCUT2D eigenvalue weighted by molar-refractivity contribution is -0.146. The van der Waals surface area contributed by atoms with Crippen molar-refractivity contribution in [2.24, 2.45) is 0 Å². The Morgan fingerprint density at radius 1 is 1.28 bits per heavy atom. The molecule has 3 N–H and O–H groups in total. The SMILES string of the molecule is Nc1ncc(-c2ccc3nc(NC(=O)C4CCC(=O)O4)cn3c2)cc1C(F)(F)F. The Balaban J connectivity index is 1.61. The van der Waals surface area contributed by atoms with Crippen LogP contribution >= 0.6 is 0 Å². The van der Waals surface area contributed by atoms with E-state index in [1.54, 1.807) is 22.7 Å². The molecule has 3 aromatic heterocycles. The number of rotatable bonds is 3. The number of esters is 1. The molecule has 0 saturated carbocycles. The predicted molar refractivity (Wildman–Crippen MR) is 95.6 cm³/mol. The summed E-state index contributed by atoms with van der Waals surface area (Å²) in [6.07, 6.45) is -0.683. The molecule has 0 bridgehead atoms. The smallest absolute Gasteiger partial charge is 0.419 e. The number of aromatic nitrogens is 3. The summed E-state index contributed by atoms with van der Waals surface area (Å²) in [5, 5.41) is 2.56. The van der Waals surface area contributed by atoms with Gasteiger partial charge in [-0.05, 0) is 18.2 Å². The Morgan fingerprint density at radius 2 is 2.07 bits per heavy atom. The third-order valence-corrected chi connectivity index (χ3v) is 4.44. The van der Waals surface area contributed by atoms with Crippen molar-refractivity contribution < 1.29 is 27.5 Å². The summed E-state index contributed by atoms with van der Waals surface area (Å²) in [6.45, 7) is 0. The number of nitrogens with one attached hydrogen (secondary N) is 1. The Bertz CT molecular complexity index is 1130. The molecule has 0 aliphatic carbocycles. The van der Waals surface area contributed by atoms with Crippen LogP contribution in [0.3, 0.4) is 0 Å². The van der Waals surface area contributed by atoms with Crippen LogP contribution in [0.15, 0.2) is 36.8 Å². The number of nitrogen functional groups attached to an aromatic ring is 1. The summed E-state index contributed by atoms with van der Waals surface area (Å²) in [6, 6.07) is 4.10. The molecule has 1 aliphatic rings. The number of hydrogen-bond donors (Lipinski definition) is 2. The number of carbonyl (C=O) groups is 2.